The number of rotatable bonds is 10. The minimum atomic E-state index is -0.868. The maximum atomic E-state index is 13.6. The van der Waals surface area contributed by atoms with Crippen molar-refractivity contribution in [2.75, 3.05) is 46.3 Å². The van der Waals surface area contributed by atoms with Crippen molar-refractivity contribution in [2.24, 2.45) is 5.92 Å². The molecule has 2 aliphatic heterocycles. The highest BCUT2D eigenvalue weighted by Gasteiger charge is 2.39. The van der Waals surface area contributed by atoms with E-state index in [1.807, 2.05) is 6.92 Å². The second-order valence-corrected chi connectivity index (χ2v) is 13.1. The average Bonchev–Trinajstić information content (AvgIpc) is 3.81. The topological polar surface area (TPSA) is 118 Å². The van der Waals surface area contributed by atoms with Crippen molar-refractivity contribution in [3.63, 3.8) is 0 Å². The van der Waals surface area contributed by atoms with Crippen molar-refractivity contribution in [3.05, 3.63) is 82.8 Å². The van der Waals surface area contributed by atoms with Gasteiger partial charge in [0.15, 0.2) is 0 Å². The fourth-order valence-electron chi connectivity index (χ4n) is 6.35. The van der Waals surface area contributed by atoms with Gasteiger partial charge in [-0.05, 0) is 73.7 Å². The van der Waals surface area contributed by atoms with Crippen molar-refractivity contribution in [1.82, 2.24) is 30.3 Å². The highest BCUT2D eigenvalue weighted by Crippen LogP contribution is 2.32. The number of likely N-dealkylation sites (tertiary alicyclic amines) is 1. The molecule has 3 atom stereocenters. The first-order valence-corrected chi connectivity index (χ1v) is 16.5. The largest absolute Gasteiger partial charge is 0.391 e. The number of nitrogens with zero attached hydrogens (tertiary/aromatic N) is 4. The Balaban J connectivity index is 1.09. The van der Waals surface area contributed by atoms with Crippen molar-refractivity contribution in [1.29, 1.82) is 0 Å². The van der Waals surface area contributed by atoms with E-state index in [1.165, 1.54) is 47.6 Å². The second-order valence-electron chi connectivity index (χ2n) is 13.1. The summed E-state index contributed by atoms with van der Waals surface area (Å²) in [5, 5.41) is 16.6. The maximum absolute atomic E-state index is 13.6. The molecule has 3 amide bonds. The summed E-state index contributed by atoms with van der Waals surface area (Å²) in [5.74, 6) is -1.19. The molecule has 3 N–H and O–H groups in total. The number of halogens is 1. The molecular weight excluding hydrogens is 599 g/mol. The number of aromatic nitrogens is 1. The molecule has 1 aromatic heterocycles. The molecule has 2 saturated heterocycles. The van der Waals surface area contributed by atoms with Crippen molar-refractivity contribution in [3.8, 4) is 0 Å². The molecule has 3 aliphatic rings. The van der Waals surface area contributed by atoms with Crippen LogP contribution in [0.25, 0.3) is 17.0 Å². The van der Waals surface area contributed by atoms with Gasteiger partial charge in [0.2, 0.25) is 11.8 Å². The summed E-state index contributed by atoms with van der Waals surface area (Å²) in [6, 6.07) is 12.4. The number of aliphatic hydroxyl groups is 1. The number of benzene rings is 2. The predicted molar refractivity (Wildman–Crippen MR) is 178 cm³/mol. The van der Waals surface area contributed by atoms with Gasteiger partial charge in [-0.15, -0.1) is 0 Å². The molecule has 10 nitrogen and oxygen atoms in total. The normalized spacial score (nSPS) is 21.3. The lowest BCUT2D eigenvalue weighted by Crippen LogP contribution is -2.49. The van der Waals surface area contributed by atoms with Gasteiger partial charge >= 0.3 is 0 Å². The number of pyridine rings is 1. The predicted octanol–water partition coefficient (Wildman–Crippen LogP) is 3.11. The fraction of sp³-hybridized carbons (Fsp3) is 0.444. The highest BCUT2D eigenvalue weighted by molar-refractivity contribution is 5.97. The zero-order valence-electron chi connectivity index (χ0n) is 27.0. The van der Waals surface area contributed by atoms with Gasteiger partial charge in [0, 0.05) is 51.1 Å². The van der Waals surface area contributed by atoms with Crippen molar-refractivity contribution >= 4 is 34.7 Å². The van der Waals surface area contributed by atoms with Crippen LogP contribution < -0.4 is 10.6 Å². The van der Waals surface area contributed by atoms with Crippen LogP contribution in [-0.4, -0.2) is 101 Å². The molecule has 0 bridgehead atoms. The van der Waals surface area contributed by atoms with Crippen LogP contribution in [0, 0.1) is 11.7 Å². The van der Waals surface area contributed by atoms with Gasteiger partial charge in [-0.1, -0.05) is 36.4 Å². The standard InChI is InChI=1S/C36H43FN6O4/c1-23(30-10-6-25(17-26(30)7-5-24-3-4-24)21-42-15-13-41(2)14-16-42)39-36(47)33-19-29(44)22-43(33)34(45)20-38-35(46)32-11-8-27-18-28(37)9-12-31(27)40-32/h5-12,17-18,23-24,29,33,44H,3-4,13-16,19-22H2,1-2H3,(H,38,46)(H,39,47)/b7-5+/t23-,29+,33-/m0/s1. The molecule has 248 valence electrons. The third-order valence-corrected chi connectivity index (χ3v) is 9.33. The second kappa shape index (κ2) is 14.3. The van der Waals surface area contributed by atoms with E-state index in [0.717, 1.165) is 43.9 Å². The minimum Gasteiger partial charge on any atom is -0.391 e. The summed E-state index contributed by atoms with van der Waals surface area (Å²) in [4.78, 5) is 50.0. The fourth-order valence-corrected chi connectivity index (χ4v) is 6.35. The number of amides is 3. The molecule has 3 fully saturated rings. The Kier molecular flexibility index (Phi) is 9.95. The van der Waals surface area contributed by atoms with Crippen LogP contribution in [0.5, 0.6) is 0 Å². The van der Waals surface area contributed by atoms with E-state index in [-0.39, 0.29) is 37.2 Å². The van der Waals surface area contributed by atoms with Crippen LogP contribution in [0.3, 0.4) is 0 Å². The Labute approximate surface area is 274 Å². The Morgan fingerprint density at radius 1 is 1.06 bits per heavy atom. The van der Waals surface area contributed by atoms with Crippen LogP contribution in [0.4, 0.5) is 4.39 Å². The number of likely N-dealkylation sites (N-methyl/N-ethyl adjacent to an activating group) is 1. The molecule has 47 heavy (non-hydrogen) atoms. The summed E-state index contributed by atoms with van der Waals surface area (Å²) in [6.45, 7) is 6.63. The molecule has 0 radical (unpaired) electrons. The average molecular weight is 643 g/mol. The van der Waals surface area contributed by atoms with E-state index in [4.69, 9.17) is 0 Å². The van der Waals surface area contributed by atoms with Gasteiger partial charge < -0.3 is 25.5 Å². The third kappa shape index (κ3) is 8.22. The minimum absolute atomic E-state index is 0.00265. The van der Waals surface area contributed by atoms with Gasteiger partial charge in [0.25, 0.3) is 5.91 Å². The summed E-state index contributed by atoms with van der Waals surface area (Å²) in [5.41, 5.74) is 3.84. The van der Waals surface area contributed by atoms with Crippen LogP contribution >= 0.6 is 0 Å². The van der Waals surface area contributed by atoms with Crippen molar-refractivity contribution < 1.29 is 23.9 Å². The number of allylic oxidation sites excluding steroid dienone is 1. The SMILES string of the molecule is C[C@H](NC(=O)[C@@H]1C[C@@H](O)CN1C(=O)CNC(=O)c1ccc2cc(F)ccc2n1)c1ccc(CN2CCN(C)CC2)cc1/C=C/C1CC1. The smallest absolute Gasteiger partial charge is 0.270 e. The quantitative estimate of drug-likeness (QED) is 0.311. The number of piperazine rings is 1. The van der Waals surface area contributed by atoms with E-state index < -0.39 is 29.8 Å². The molecule has 1 saturated carbocycles. The Morgan fingerprint density at radius 2 is 1.85 bits per heavy atom. The van der Waals surface area contributed by atoms with E-state index in [2.05, 4.69) is 62.8 Å². The maximum Gasteiger partial charge on any atom is 0.270 e. The molecule has 11 heteroatoms. The van der Waals surface area contributed by atoms with Crippen LogP contribution in [-0.2, 0) is 16.1 Å². The van der Waals surface area contributed by atoms with Gasteiger partial charge in [0.1, 0.15) is 17.6 Å². The van der Waals surface area contributed by atoms with Gasteiger partial charge in [-0.2, -0.15) is 0 Å². The van der Waals surface area contributed by atoms with E-state index in [0.29, 0.717) is 16.8 Å². The zero-order chi connectivity index (χ0) is 33.1. The molecule has 3 heterocycles. The van der Waals surface area contributed by atoms with Crippen molar-refractivity contribution in [2.45, 2.75) is 50.9 Å². The first-order valence-electron chi connectivity index (χ1n) is 16.5. The number of hydrogen-bond acceptors (Lipinski definition) is 7. The molecule has 6 rings (SSSR count). The van der Waals surface area contributed by atoms with Gasteiger partial charge in [-0.3, -0.25) is 19.3 Å². The van der Waals surface area contributed by atoms with Crippen LogP contribution in [0.15, 0.2) is 54.6 Å². The Hall–Kier alpha value is -4.19. The number of hydrogen-bond donors (Lipinski definition) is 3. The summed E-state index contributed by atoms with van der Waals surface area (Å²) >= 11 is 0. The summed E-state index contributed by atoms with van der Waals surface area (Å²) in [6.07, 6.45) is 6.08. The number of β-amino-alcohol motifs (C(OH)–C–C–N with tert-alkyl or cyclic N) is 1. The van der Waals surface area contributed by atoms with Gasteiger partial charge in [0.05, 0.1) is 24.2 Å². The highest BCUT2D eigenvalue weighted by atomic mass is 19.1. The van der Waals surface area contributed by atoms with Crippen LogP contribution in [0.1, 0.15) is 59.4 Å². The Bertz CT molecular complexity index is 1670. The molecule has 1 aliphatic carbocycles. The molecule has 0 spiro atoms. The number of nitrogens with one attached hydrogen (secondary N) is 2. The Morgan fingerprint density at radius 3 is 2.62 bits per heavy atom. The van der Waals surface area contributed by atoms with Gasteiger partial charge in [-0.25, -0.2) is 9.37 Å². The molecule has 3 aromatic rings. The molecular formula is C36H43FN6O4. The lowest BCUT2D eigenvalue weighted by molar-refractivity contribution is -0.138. The number of fused-ring (bicyclic) bond motifs is 1. The molecule has 0 unspecified atom stereocenters. The van der Waals surface area contributed by atoms with Crippen LogP contribution in [0.2, 0.25) is 0 Å². The van der Waals surface area contributed by atoms with E-state index >= 15 is 0 Å². The third-order valence-electron chi connectivity index (χ3n) is 9.33. The lowest BCUT2D eigenvalue weighted by Gasteiger charge is -2.32. The molecule has 2 aromatic carbocycles. The lowest BCUT2D eigenvalue weighted by atomic mass is 9.97. The number of carbonyl (C=O) groups is 3. The first-order chi connectivity index (χ1) is 22.6. The zero-order valence-corrected chi connectivity index (χ0v) is 27.0. The monoisotopic (exact) mass is 642 g/mol. The summed E-state index contributed by atoms with van der Waals surface area (Å²) in [7, 11) is 2.15. The van der Waals surface area contributed by atoms with E-state index in [9.17, 15) is 23.9 Å². The number of aliphatic hydroxyl groups excluding tert-OH is 1. The number of carbonyl (C=O) groups excluding carboxylic acids is 3. The van der Waals surface area contributed by atoms with E-state index in [1.54, 1.807) is 6.07 Å². The summed E-state index contributed by atoms with van der Waals surface area (Å²) < 4.78 is 13.5. The first kappa shape index (κ1) is 32.7.